The van der Waals surface area contributed by atoms with Gasteiger partial charge in [-0.25, -0.2) is 0 Å². The Balaban J connectivity index is 1.49. The van der Waals surface area contributed by atoms with Crippen molar-refractivity contribution in [2.24, 2.45) is 5.92 Å². The van der Waals surface area contributed by atoms with Crippen molar-refractivity contribution in [2.45, 2.75) is 64.0 Å². The Kier molecular flexibility index (Phi) is 5.22. The minimum atomic E-state index is -0.209. The van der Waals surface area contributed by atoms with E-state index >= 15 is 0 Å². The number of nitrogens with one attached hydrogen (secondary N) is 1. The van der Waals surface area contributed by atoms with Crippen molar-refractivity contribution in [1.29, 1.82) is 0 Å². The molecule has 0 aliphatic carbocycles. The number of carbonyl (C=O) groups excluding carboxylic acids is 2. The zero-order chi connectivity index (χ0) is 19.0. The maximum absolute atomic E-state index is 13.1. The fraction of sp³-hybridized carbons (Fsp3) is 0.636. The topological polar surface area (TPSA) is 52.7 Å². The molecule has 4 atom stereocenters. The molecule has 0 aromatic heterocycles. The second-order valence-electron chi connectivity index (χ2n) is 8.48. The van der Waals surface area contributed by atoms with E-state index in [1.54, 1.807) is 0 Å². The smallest absolute Gasteiger partial charge is 0.228 e. The highest BCUT2D eigenvalue weighted by Gasteiger charge is 2.40. The van der Waals surface area contributed by atoms with E-state index in [4.69, 9.17) is 0 Å². The van der Waals surface area contributed by atoms with Gasteiger partial charge in [-0.05, 0) is 43.2 Å². The molecule has 2 bridgehead atoms. The summed E-state index contributed by atoms with van der Waals surface area (Å²) in [4.78, 5) is 29.8. The Morgan fingerprint density at radius 2 is 1.96 bits per heavy atom. The lowest BCUT2D eigenvalue weighted by atomic mass is 9.96. The SMILES string of the molecule is CCC(C)c1ccccc1N1CC(C(=O)N2CCC3CCC(C2)N3)CC1=O. The maximum Gasteiger partial charge on any atom is 0.228 e. The number of anilines is 1. The first kappa shape index (κ1) is 18.5. The minimum absolute atomic E-state index is 0.0820. The van der Waals surface area contributed by atoms with E-state index in [1.807, 2.05) is 28.0 Å². The van der Waals surface area contributed by atoms with E-state index in [0.717, 1.165) is 38.0 Å². The molecule has 0 saturated carbocycles. The lowest BCUT2D eigenvalue weighted by Crippen LogP contribution is -2.42. The molecule has 3 aliphatic rings. The number of amides is 2. The molecule has 5 nitrogen and oxygen atoms in total. The summed E-state index contributed by atoms with van der Waals surface area (Å²) < 4.78 is 0. The number of para-hydroxylation sites is 1. The Morgan fingerprint density at radius 3 is 2.78 bits per heavy atom. The summed E-state index contributed by atoms with van der Waals surface area (Å²) in [7, 11) is 0. The summed E-state index contributed by atoms with van der Waals surface area (Å²) in [5.41, 5.74) is 2.20. The van der Waals surface area contributed by atoms with Crippen molar-refractivity contribution in [3.63, 3.8) is 0 Å². The Bertz CT molecular complexity index is 719. The normalized spacial score (nSPS) is 29.1. The summed E-state index contributed by atoms with van der Waals surface area (Å²) in [6.07, 6.45) is 4.79. The molecule has 3 fully saturated rings. The highest BCUT2D eigenvalue weighted by molar-refractivity contribution is 6.01. The van der Waals surface area contributed by atoms with Crippen LogP contribution in [0.5, 0.6) is 0 Å². The van der Waals surface area contributed by atoms with Gasteiger partial charge in [0.2, 0.25) is 11.8 Å². The maximum atomic E-state index is 13.1. The molecular weight excluding hydrogens is 338 g/mol. The van der Waals surface area contributed by atoms with Gasteiger partial charge in [-0.1, -0.05) is 32.0 Å². The number of hydrogen-bond acceptors (Lipinski definition) is 3. The number of rotatable bonds is 4. The second kappa shape index (κ2) is 7.63. The van der Waals surface area contributed by atoms with Gasteiger partial charge in [0, 0.05) is 43.8 Å². The van der Waals surface area contributed by atoms with Crippen LogP contribution in [-0.2, 0) is 9.59 Å². The van der Waals surface area contributed by atoms with E-state index in [0.29, 0.717) is 31.0 Å². The molecule has 3 heterocycles. The lowest BCUT2D eigenvalue weighted by molar-refractivity contribution is -0.136. The van der Waals surface area contributed by atoms with E-state index in [-0.39, 0.29) is 17.7 Å². The molecule has 4 rings (SSSR count). The quantitative estimate of drug-likeness (QED) is 0.888. The first-order chi connectivity index (χ1) is 13.1. The van der Waals surface area contributed by atoms with E-state index < -0.39 is 0 Å². The molecule has 3 saturated heterocycles. The first-order valence-electron chi connectivity index (χ1n) is 10.5. The number of benzene rings is 1. The fourth-order valence-electron chi connectivity index (χ4n) is 4.88. The lowest BCUT2D eigenvalue weighted by Gasteiger charge is -2.27. The fourth-order valence-corrected chi connectivity index (χ4v) is 4.88. The van der Waals surface area contributed by atoms with Gasteiger partial charge in [0.1, 0.15) is 0 Å². The van der Waals surface area contributed by atoms with Gasteiger partial charge >= 0.3 is 0 Å². The number of fused-ring (bicyclic) bond motifs is 2. The van der Waals surface area contributed by atoms with Gasteiger partial charge in [-0.3, -0.25) is 9.59 Å². The van der Waals surface area contributed by atoms with Crippen molar-refractivity contribution < 1.29 is 9.59 Å². The monoisotopic (exact) mass is 369 g/mol. The van der Waals surface area contributed by atoms with Crippen LogP contribution in [0.2, 0.25) is 0 Å². The van der Waals surface area contributed by atoms with Gasteiger partial charge in [-0.15, -0.1) is 0 Å². The highest BCUT2D eigenvalue weighted by Crippen LogP contribution is 2.34. The molecule has 5 heteroatoms. The summed E-state index contributed by atoms with van der Waals surface area (Å²) in [5.74, 6) is 0.440. The molecular formula is C22H31N3O2. The summed E-state index contributed by atoms with van der Waals surface area (Å²) in [6.45, 7) is 6.50. The third-order valence-electron chi connectivity index (χ3n) is 6.68. The van der Waals surface area contributed by atoms with Crippen molar-refractivity contribution in [3.05, 3.63) is 29.8 Å². The molecule has 4 unspecified atom stereocenters. The van der Waals surface area contributed by atoms with Crippen LogP contribution < -0.4 is 10.2 Å². The molecule has 2 amide bonds. The Labute approximate surface area is 162 Å². The number of hydrogen-bond donors (Lipinski definition) is 1. The third-order valence-corrected chi connectivity index (χ3v) is 6.68. The molecule has 27 heavy (non-hydrogen) atoms. The standard InChI is InChI=1S/C22H31N3O2/c1-3-15(2)19-6-4-5-7-20(19)25-13-16(12-21(25)26)22(27)24-11-10-17-8-9-18(14-24)23-17/h4-7,15-18,23H,3,8-14H2,1-2H3. The molecule has 3 aliphatic heterocycles. The number of carbonyl (C=O) groups is 2. The van der Waals surface area contributed by atoms with Gasteiger partial charge in [0.15, 0.2) is 0 Å². The molecule has 0 radical (unpaired) electrons. The molecule has 146 valence electrons. The minimum Gasteiger partial charge on any atom is -0.341 e. The Hall–Kier alpha value is -1.88. The van der Waals surface area contributed by atoms with Crippen LogP contribution >= 0.6 is 0 Å². The zero-order valence-corrected chi connectivity index (χ0v) is 16.5. The van der Waals surface area contributed by atoms with Crippen LogP contribution in [-0.4, -0.2) is 48.4 Å². The van der Waals surface area contributed by atoms with Crippen LogP contribution in [0, 0.1) is 5.92 Å². The predicted molar refractivity (Wildman–Crippen MR) is 107 cm³/mol. The van der Waals surface area contributed by atoms with E-state index in [9.17, 15) is 9.59 Å². The average Bonchev–Trinajstić information content (AvgIpc) is 3.22. The van der Waals surface area contributed by atoms with Crippen molar-refractivity contribution in [1.82, 2.24) is 10.2 Å². The first-order valence-corrected chi connectivity index (χ1v) is 10.5. The second-order valence-corrected chi connectivity index (χ2v) is 8.48. The largest absolute Gasteiger partial charge is 0.341 e. The van der Waals surface area contributed by atoms with E-state index in [2.05, 4.69) is 25.2 Å². The number of nitrogens with zero attached hydrogens (tertiary/aromatic N) is 2. The van der Waals surface area contributed by atoms with Gasteiger partial charge in [0.05, 0.1) is 5.92 Å². The van der Waals surface area contributed by atoms with Gasteiger partial charge in [-0.2, -0.15) is 0 Å². The van der Waals surface area contributed by atoms with Crippen LogP contribution in [0.1, 0.15) is 57.4 Å². The van der Waals surface area contributed by atoms with Crippen LogP contribution in [0.25, 0.3) is 0 Å². The molecule has 1 aromatic rings. The van der Waals surface area contributed by atoms with Crippen LogP contribution in [0.4, 0.5) is 5.69 Å². The summed E-state index contributed by atoms with van der Waals surface area (Å²) in [6, 6.07) is 9.16. The third kappa shape index (κ3) is 3.62. The summed E-state index contributed by atoms with van der Waals surface area (Å²) in [5, 5.41) is 3.63. The van der Waals surface area contributed by atoms with Crippen LogP contribution in [0.3, 0.4) is 0 Å². The van der Waals surface area contributed by atoms with Gasteiger partial charge < -0.3 is 15.1 Å². The highest BCUT2D eigenvalue weighted by atomic mass is 16.2. The number of likely N-dealkylation sites (tertiary alicyclic amines) is 1. The predicted octanol–water partition coefficient (Wildman–Crippen LogP) is 2.91. The van der Waals surface area contributed by atoms with E-state index in [1.165, 1.54) is 12.0 Å². The van der Waals surface area contributed by atoms with Crippen molar-refractivity contribution >= 4 is 17.5 Å². The molecule has 1 aromatic carbocycles. The Morgan fingerprint density at radius 1 is 1.19 bits per heavy atom. The van der Waals surface area contributed by atoms with Crippen molar-refractivity contribution in [3.8, 4) is 0 Å². The zero-order valence-electron chi connectivity index (χ0n) is 16.5. The summed E-state index contributed by atoms with van der Waals surface area (Å²) >= 11 is 0. The van der Waals surface area contributed by atoms with Crippen LogP contribution in [0.15, 0.2) is 24.3 Å². The molecule has 0 spiro atoms. The average molecular weight is 370 g/mol. The van der Waals surface area contributed by atoms with Crippen molar-refractivity contribution in [2.75, 3.05) is 24.5 Å². The molecule has 1 N–H and O–H groups in total. The van der Waals surface area contributed by atoms with Gasteiger partial charge in [0.25, 0.3) is 0 Å².